The minimum Gasteiger partial charge on any atom is -0.379 e. The fraction of sp³-hybridized carbons (Fsp3) is 0.538. The second-order valence-corrected chi connectivity index (χ2v) is 4.66. The van der Waals surface area contributed by atoms with Crippen molar-refractivity contribution in [2.24, 2.45) is 5.92 Å². The van der Waals surface area contributed by atoms with Gasteiger partial charge in [0.1, 0.15) is 0 Å². The van der Waals surface area contributed by atoms with Gasteiger partial charge in [-0.05, 0) is 12.5 Å². The minimum atomic E-state index is 0.331. The smallest absolute Gasteiger partial charge is 0.0755 e. The van der Waals surface area contributed by atoms with Crippen LogP contribution in [0.15, 0.2) is 30.3 Å². The van der Waals surface area contributed by atoms with Gasteiger partial charge in [0, 0.05) is 5.92 Å². The fourth-order valence-electron chi connectivity index (χ4n) is 2.63. The minimum absolute atomic E-state index is 0.331. The van der Waals surface area contributed by atoms with E-state index in [1.165, 1.54) is 5.56 Å². The van der Waals surface area contributed by atoms with Crippen molar-refractivity contribution in [3.05, 3.63) is 35.9 Å². The van der Waals surface area contributed by atoms with E-state index in [1.54, 1.807) is 0 Å². The van der Waals surface area contributed by atoms with Crippen LogP contribution < -0.4 is 0 Å². The lowest BCUT2D eigenvalue weighted by Gasteiger charge is -2.27. The van der Waals surface area contributed by atoms with Crippen LogP contribution in [0, 0.1) is 5.92 Å². The Labute approximate surface area is 95.9 Å². The van der Waals surface area contributed by atoms with E-state index < -0.39 is 0 Å². The second kappa shape index (κ2) is 4.17. The molecule has 2 aliphatic rings. The zero-order valence-electron chi connectivity index (χ0n) is 9.50. The van der Waals surface area contributed by atoms with Gasteiger partial charge in [-0.25, -0.2) is 0 Å². The predicted octanol–water partition coefficient (Wildman–Crippen LogP) is 2.01. The lowest BCUT2D eigenvalue weighted by molar-refractivity contribution is -0.171. The summed E-state index contributed by atoms with van der Waals surface area (Å²) in [6.07, 6.45) is 0. The summed E-state index contributed by atoms with van der Waals surface area (Å²) in [5.41, 5.74) is 1.34. The molecule has 4 atom stereocenters. The van der Waals surface area contributed by atoms with Crippen LogP contribution in [0.25, 0.3) is 0 Å². The van der Waals surface area contributed by atoms with Crippen LogP contribution in [-0.2, 0) is 9.57 Å². The summed E-state index contributed by atoms with van der Waals surface area (Å²) in [5, 5.41) is 2.12. The molecule has 3 rings (SSSR count). The topological polar surface area (TPSA) is 21.7 Å². The number of nitrogens with zero attached hydrogens (tertiary/aromatic N) is 1. The SMILES string of the molecule is C[C@H]1COC[C@@H]2CON1C2c1ccccc1. The van der Waals surface area contributed by atoms with E-state index in [4.69, 9.17) is 9.57 Å². The molecule has 2 bridgehead atoms. The summed E-state index contributed by atoms with van der Waals surface area (Å²) in [5.74, 6) is 0.465. The second-order valence-electron chi connectivity index (χ2n) is 4.66. The van der Waals surface area contributed by atoms with Gasteiger partial charge in [-0.2, -0.15) is 5.06 Å². The Morgan fingerprint density at radius 2 is 1.94 bits per heavy atom. The molecule has 0 saturated carbocycles. The van der Waals surface area contributed by atoms with E-state index in [2.05, 4.69) is 42.3 Å². The van der Waals surface area contributed by atoms with Gasteiger partial charge in [0.05, 0.1) is 31.9 Å². The van der Waals surface area contributed by atoms with Gasteiger partial charge in [0.2, 0.25) is 0 Å². The van der Waals surface area contributed by atoms with Crippen molar-refractivity contribution in [1.29, 1.82) is 0 Å². The zero-order chi connectivity index (χ0) is 11.0. The summed E-state index contributed by atoms with van der Waals surface area (Å²) in [6.45, 7) is 4.51. The van der Waals surface area contributed by atoms with Crippen LogP contribution >= 0.6 is 0 Å². The third-order valence-corrected chi connectivity index (χ3v) is 3.42. The van der Waals surface area contributed by atoms with Crippen molar-refractivity contribution in [2.45, 2.75) is 19.0 Å². The van der Waals surface area contributed by atoms with Crippen molar-refractivity contribution in [3.63, 3.8) is 0 Å². The highest BCUT2D eigenvalue weighted by molar-refractivity contribution is 5.20. The van der Waals surface area contributed by atoms with Crippen LogP contribution in [0.3, 0.4) is 0 Å². The molecule has 0 aliphatic carbocycles. The molecule has 3 heteroatoms. The number of ether oxygens (including phenoxy) is 1. The van der Waals surface area contributed by atoms with Crippen LogP contribution in [-0.4, -0.2) is 30.9 Å². The van der Waals surface area contributed by atoms with E-state index in [9.17, 15) is 0 Å². The molecule has 2 unspecified atom stereocenters. The first kappa shape index (κ1) is 10.3. The molecular formula is C13H17NO2. The van der Waals surface area contributed by atoms with Gasteiger partial charge in [0.15, 0.2) is 0 Å². The number of benzene rings is 1. The van der Waals surface area contributed by atoms with E-state index in [-0.39, 0.29) is 0 Å². The molecule has 86 valence electrons. The molecule has 1 aromatic rings. The van der Waals surface area contributed by atoms with Crippen LogP contribution in [0.5, 0.6) is 0 Å². The van der Waals surface area contributed by atoms with Crippen molar-refractivity contribution < 1.29 is 9.57 Å². The first-order valence-electron chi connectivity index (χ1n) is 5.90. The first-order chi connectivity index (χ1) is 7.86. The summed E-state index contributed by atoms with van der Waals surface area (Å²) in [7, 11) is 0. The number of hydrogen-bond acceptors (Lipinski definition) is 3. The average Bonchev–Trinajstić information content (AvgIpc) is 2.65. The Balaban J connectivity index is 1.94. The van der Waals surface area contributed by atoms with Crippen LogP contribution in [0.1, 0.15) is 18.5 Å². The molecule has 16 heavy (non-hydrogen) atoms. The molecule has 0 spiro atoms. The molecule has 2 heterocycles. The van der Waals surface area contributed by atoms with Gasteiger partial charge in [0.25, 0.3) is 0 Å². The molecule has 0 amide bonds. The first-order valence-corrected chi connectivity index (χ1v) is 5.90. The molecule has 2 saturated heterocycles. The van der Waals surface area contributed by atoms with Crippen LogP contribution in [0.2, 0.25) is 0 Å². The Bertz CT molecular complexity index is 354. The average molecular weight is 219 g/mol. The number of hydrogen-bond donors (Lipinski definition) is 0. The third kappa shape index (κ3) is 1.65. The highest BCUT2D eigenvalue weighted by Crippen LogP contribution is 2.38. The number of rotatable bonds is 1. The molecule has 3 nitrogen and oxygen atoms in total. The molecule has 0 radical (unpaired) electrons. The quantitative estimate of drug-likeness (QED) is 0.721. The van der Waals surface area contributed by atoms with E-state index in [0.717, 1.165) is 19.8 Å². The molecule has 2 aliphatic heterocycles. The van der Waals surface area contributed by atoms with Crippen LogP contribution in [0.4, 0.5) is 0 Å². The van der Waals surface area contributed by atoms with Crippen molar-refractivity contribution in [3.8, 4) is 0 Å². The fourth-order valence-corrected chi connectivity index (χ4v) is 2.63. The summed E-state index contributed by atoms with van der Waals surface area (Å²) < 4.78 is 5.67. The van der Waals surface area contributed by atoms with Crippen molar-refractivity contribution in [2.75, 3.05) is 19.8 Å². The predicted molar refractivity (Wildman–Crippen MR) is 60.7 cm³/mol. The van der Waals surface area contributed by atoms with Gasteiger partial charge in [-0.3, -0.25) is 4.84 Å². The highest BCUT2D eigenvalue weighted by atomic mass is 16.7. The molecule has 0 N–H and O–H groups in total. The van der Waals surface area contributed by atoms with Gasteiger partial charge < -0.3 is 4.74 Å². The Hall–Kier alpha value is -0.900. The molecule has 0 aromatic heterocycles. The zero-order valence-corrected chi connectivity index (χ0v) is 9.50. The Morgan fingerprint density at radius 3 is 2.75 bits per heavy atom. The third-order valence-electron chi connectivity index (χ3n) is 3.42. The summed E-state index contributed by atoms with van der Waals surface area (Å²) in [6, 6.07) is 11.3. The molecule has 1 aromatic carbocycles. The Kier molecular flexibility index (Phi) is 2.67. The van der Waals surface area contributed by atoms with Gasteiger partial charge in [-0.15, -0.1) is 0 Å². The maximum absolute atomic E-state index is 5.79. The summed E-state index contributed by atoms with van der Waals surface area (Å²) >= 11 is 0. The molecule has 2 fully saturated rings. The standard InChI is InChI=1S/C13H17NO2/c1-10-7-15-8-12-9-16-14(10)13(12)11-5-3-2-4-6-11/h2-6,10,12-13H,7-9H2,1H3/t10-,12+,13?/m0/s1. The number of hydroxylamine groups is 2. The van der Waals surface area contributed by atoms with Gasteiger partial charge >= 0.3 is 0 Å². The highest BCUT2D eigenvalue weighted by Gasteiger charge is 2.41. The normalized spacial score (nSPS) is 38.3. The lowest BCUT2D eigenvalue weighted by atomic mass is 9.95. The monoisotopic (exact) mass is 219 g/mol. The summed E-state index contributed by atoms with van der Waals surface area (Å²) in [4.78, 5) is 5.79. The van der Waals surface area contributed by atoms with Gasteiger partial charge in [-0.1, -0.05) is 30.3 Å². The van der Waals surface area contributed by atoms with E-state index in [1.807, 2.05) is 0 Å². The van der Waals surface area contributed by atoms with E-state index in [0.29, 0.717) is 18.0 Å². The lowest BCUT2D eigenvalue weighted by Crippen LogP contribution is -2.33. The van der Waals surface area contributed by atoms with E-state index >= 15 is 0 Å². The Morgan fingerprint density at radius 1 is 1.12 bits per heavy atom. The maximum Gasteiger partial charge on any atom is 0.0755 e. The van der Waals surface area contributed by atoms with Crippen molar-refractivity contribution in [1.82, 2.24) is 5.06 Å². The molecular weight excluding hydrogens is 202 g/mol. The largest absolute Gasteiger partial charge is 0.379 e. The van der Waals surface area contributed by atoms with Crippen molar-refractivity contribution >= 4 is 0 Å². The number of fused-ring (bicyclic) bond motifs is 2. The maximum atomic E-state index is 5.79.